The lowest BCUT2D eigenvalue weighted by Crippen LogP contribution is -2.66. The largest absolute Gasteiger partial charge is 0.394 e. The molecule has 4 rings (SSSR count). The number of carbonyl (C=O) groups is 1. The molecule has 0 spiro atoms. The Morgan fingerprint density at radius 3 is 2.42 bits per heavy atom. The van der Waals surface area contributed by atoms with Crippen LogP contribution in [0.4, 0.5) is 0 Å². The fourth-order valence-corrected chi connectivity index (χ4v) is 3.92. The summed E-state index contributed by atoms with van der Waals surface area (Å²) < 4.78 is 0. The predicted octanol–water partition coefficient (Wildman–Crippen LogP) is 2.12. The lowest BCUT2D eigenvalue weighted by Gasteiger charge is -2.53. The van der Waals surface area contributed by atoms with Crippen molar-refractivity contribution in [1.29, 1.82) is 5.26 Å². The zero-order valence-corrected chi connectivity index (χ0v) is 14.3. The number of hydrogen-bond acceptors (Lipinski definition) is 5. The van der Waals surface area contributed by atoms with Crippen molar-refractivity contribution in [2.24, 2.45) is 5.92 Å². The summed E-state index contributed by atoms with van der Waals surface area (Å²) >= 11 is 0. The van der Waals surface area contributed by atoms with Crippen molar-refractivity contribution < 1.29 is 9.90 Å². The minimum atomic E-state index is -0.508. The SMILES string of the molecule is N#C[C@H]1[C@H](c2ccc(-c3cncnc3)cc2)[C@@H](CO)N1C(=O)C1CCC1. The normalized spacial score (nSPS) is 25.1. The Morgan fingerprint density at radius 1 is 1.19 bits per heavy atom. The van der Waals surface area contributed by atoms with E-state index in [2.05, 4.69) is 16.0 Å². The molecule has 1 saturated carbocycles. The number of benzene rings is 1. The van der Waals surface area contributed by atoms with Gasteiger partial charge in [-0.2, -0.15) is 5.26 Å². The highest BCUT2D eigenvalue weighted by Crippen LogP contribution is 2.43. The number of aromatic nitrogens is 2. The molecule has 2 aliphatic rings. The molecule has 2 fully saturated rings. The van der Waals surface area contributed by atoms with Crippen molar-refractivity contribution in [1.82, 2.24) is 14.9 Å². The van der Waals surface area contributed by atoms with Crippen molar-refractivity contribution in [2.45, 2.75) is 37.3 Å². The van der Waals surface area contributed by atoms with Crippen molar-refractivity contribution in [2.75, 3.05) is 6.61 Å². The number of aliphatic hydroxyl groups excluding tert-OH is 1. The molecule has 0 bridgehead atoms. The Labute approximate surface area is 152 Å². The van der Waals surface area contributed by atoms with Crippen LogP contribution in [0, 0.1) is 17.2 Å². The van der Waals surface area contributed by atoms with Gasteiger partial charge < -0.3 is 10.0 Å². The van der Waals surface area contributed by atoms with Gasteiger partial charge in [0.1, 0.15) is 12.4 Å². The first-order valence-corrected chi connectivity index (χ1v) is 8.92. The monoisotopic (exact) mass is 348 g/mol. The van der Waals surface area contributed by atoms with Crippen LogP contribution in [0.3, 0.4) is 0 Å². The van der Waals surface area contributed by atoms with Crippen molar-refractivity contribution in [3.63, 3.8) is 0 Å². The second kappa shape index (κ2) is 6.85. The van der Waals surface area contributed by atoms with Gasteiger partial charge in [-0.15, -0.1) is 0 Å². The summed E-state index contributed by atoms with van der Waals surface area (Å²) in [6.45, 7) is -0.129. The molecule has 6 heteroatoms. The summed E-state index contributed by atoms with van der Waals surface area (Å²) in [7, 11) is 0. The molecule has 26 heavy (non-hydrogen) atoms. The van der Waals surface area contributed by atoms with E-state index in [4.69, 9.17) is 0 Å². The van der Waals surface area contributed by atoms with Crippen LogP contribution in [0.5, 0.6) is 0 Å². The number of rotatable bonds is 4. The molecule has 1 amide bonds. The van der Waals surface area contributed by atoms with Crippen LogP contribution in [0.25, 0.3) is 11.1 Å². The van der Waals surface area contributed by atoms with E-state index in [0.717, 1.165) is 36.0 Å². The number of aliphatic hydroxyl groups is 1. The maximum Gasteiger partial charge on any atom is 0.227 e. The highest BCUT2D eigenvalue weighted by atomic mass is 16.3. The lowest BCUT2D eigenvalue weighted by atomic mass is 9.73. The van der Waals surface area contributed by atoms with E-state index in [0.29, 0.717) is 0 Å². The van der Waals surface area contributed by atoms with Gasteiger partial charge in [0.15, 0.2) is 0 Å². The number of nitriles is 1. The van der Waals surface area contributed by atoms with Crippen LogP contribution in [-0.2, 0) is 4.79 Å². The summed E-state index contributed by atoms with van der Waals surface area (Å²) in [5.41, 5.74) is 2.88. The zero-order valence-electron chi connectivity index (χ0n) is 14.3. The van der Waals surface area contributed by atoms with Gasteiger partial charge in [0.2, 0.25) is 5.91 Å². The zero-order chi connectivity index (χ0) is 18.1. The first-order valence-electron chi connectivity index (χ1n) is 8.92. The number of likely N-dealkylation sites (tertiary alicyclic amines) is 1. The van der Waals surface area contributed by atoms with Gasteiger partial charge in [0.25, 0.3) is 0 Å². The summed E-state index contributed by atoms with van der Waals surface area (Å²) in [6.07, 6.45) is 7.84. The average molecular weight is 348 g/mol. The molecule has 132 valence electrons. The second-order valence-electron chi connectivity index (χ2n) is 6.97. The molecule has 1 saturated heterocycles. The Bertz CT molecular complexity index is 827. The van der Waals surface area contributed by atoms with E-state index in [1.807, 2.05) is 24.3 Å². The molecule has 1 aromatic heterocycles. The third kappa shape index (κ3) is 2.65. The van der Waals surface area contributed by atoms with Crippen LogP contribution >= 0.6 is 0 Å². The number of nitrogens with zero attached hydrogens (tertiary/aromatic N) is 4. The van der Waals surface area contributed by atoms with E-state index in [-0.39, 0.29) is 30.4 Å². The molecule has 1 N–H and O–H groups in total. The van der Waals surface area contributed by atoms with Gasteiger partial charge in [-0.25, -0.2) is 9.97 Å². The molecule has 0 radical (unpaired) electrons. The third-order valence-corrected chi connectivity index (χ3v) is 5.63. The van der Waals surface area contributed by atoms with E-state index in [1.54, 1.807) is 17.3 Å². The summed E-state index contributed by atoms with van der Waals surface area (Å²) in [6, 6.07) is 9.30. The topological polar surface area (TPSA) is 90.1 Å². The highest BCUT2D eigenvalue weighted by Gasteiger charge is 2.53. The Kier molecular flexibility index (Phi) is 4.39. The van der Waals surface area contributed by atoms with Gasteiger partial charge in [-0.05, 0) is 24.0 Å². The van der Waals surface area contributed by atoms with Gasteiger partial charge >= 0.3 is 0 Å². The van der Waals surface area contributed by atoms with Crippen molar-refractivity contribution in [3.8, 4) is 17.2 Å². The van der Waals surface area contributed by atoms with Crippen LogP contribution in [0.2, 0.25) is 0 Å². The predicted molar refractivity (Wildman–Crippen MR) is 94.7 cm³/mol. The number of amides is 1. The molecular formula is C20H20N4O2. The Balaban J connectivity index is 1.56. The molecule has 1 aromatic carbocycles. The van der Waals surface area contributed by atoms with Gasteiger partial charge in [0, 0.05) is 29.8 Å². The van der Waals surface area contributed by atoms with E-state index >= 15 is 0 Å². The van der Waals surface area contributed by atoms with Crippen LogP contribution in [-0.4, -0.2) is 44.6 Å². The summed E-state index contributed by atoms with van der Waals surface area (Å²) in [5.74, 6) is -0.104. The Morgan fingerprint density at radius 2 is 1.88 bits per heavy atom. The van der Waals surface area contributed by atoms with Crippen LogP contribution in [0.1, 0.15) is 30.7 Å². The quantitative estimate of drug-likeness (QED) is 0.914. The van der Waals surface area contributed by atoms with E-state index in [1.165, 1.54) is 6.33 Å². The molecule has 1 aliphatic carbocycles. The molecule has 3 atom stereocenters. The van der Waals surface area contributed by atoms with Crippen LogP contribution < -0.4 is 0 Å². The molecule has 1 aliphatic heterocycles. The number of carbonyl (C=O) groups excluding carboxylic acids is 1. The van der Waals surface area contributed by atoms with Crippen LogP contribution in [0.15, 0.2) is 43.0 Å². The maximum absolute atomic E-state index is 12.6. The van der Waals surface area contributed by atoms with E-state index in [9.17, 15) is 15.2 Å². The molecule has 2 aromatic rings. The summed E-state index contributed by atoms with van der Waals surface area (Å²) in [4.78, 5) is 22.3. The van der Waals surface area contributed by atoms with Crippen molar-refractivity contribution in [3.05, 3.63) is 48.5 Å². The molecule has 2 heterocycles. The van der Waals surface area contributed by atoms with Gasteiger partial charge in [-0.3, -0.25) is 4.79 Å². The Hall–Kier alpha value is -2.78. The first kappa shape index (κ1) is 16.7. The standard InChI is InChI=1S/C20H20N4O2/c21-8-17-19(18(11-25)24(17)20(26)15-2-1-3-15)14-6-4-13(5-7-14)16-9-22-12-23-10-16/h4-7,9-10,12,15,17-19,25H,1-3,11H2/t17-,18+,19-/m0/s1. The second-order valence-corrected chi connectivity index (χ2v) is 6.97. The summed E-state index contributed by atoms with van der Waals surface area (Å²) in [5, 5.41) is 19.4. The van der Waals surface area contributed by atoms with Crippen molar-refractivity contribution >= 4 is 5.91 Å². The minimum Gasteiger partial charge on any atom is -0.394 e. The van der Waals surface area contributed by atoms with Gasteiger partial charge in [-0.1, -0.05) is 30.7 Å². The van der Waals surface area contributed by atoms with E-state index < -0.39 is 6.04 Å². The lowest BCUT2D eigenvalue weighted by molar-refractivity contribution is -0.154. The molecule has 0 unspecified atom stereocenters. The molecule has 6 nitrogen and oxygen atoms in total. The maximum atomic E-state index is 12.6. The highest BCUT2D eigenvalue weighted by molar-refractivity contribution is 5.82. The fraction of sp³-hybridized carbons (Fsp3) is 0.400. The fourth-order valence-electron chi connectivity index (χ4n) is 3.92. The third-order valence-electron chi connectivity index (χ3n) is 5.63. The molecular weight excluding hydrogens is 328 g/mol. The first-order chi connectivity index (χ1) is 12.7. The minimum absolute atomic E-state index is 0.0242. The average Bonchev–Trinajstić information content (AvgIpc) is 2.61. The van der Waals surface area contributed by atoms with Gasteiger partial charge in [0.05, 0.1) is 18.7 Å². The number of hydrogen-bond donors (Lipinski definition) is 1. The smallest absolute Gasteiger partial charge is 0.227 e.